The highest BCUT2D eigenvalue weighted by molar-refractivity contribution is 9.10. The fourth-order valence-corrected chi connectivity index (χ4v) is 2.67. The van der Waals surface area contributed by atoms with E-state index in [9.17, 15) is 4.79 Å². The van der Waals surface area contributed by atoms with E-state index in [1.807, 2.05) is 24.3 Å². The standard InChI is InChI=1S/C17H24BrNO2/c1-13(2)12-21-11-3-10-19-16(20)17(8-9-17)14-4-6-15(18)7-5-14/h4-7,13H,3,8-12H2,1-2H3,(H,19,20). The van der Waals surface area contributed by atoms with E-state index in [4.69, 9.17) is 4.74 Å². The molecule has 2 rings (SSSR count). The van der Waals surface area contributed by atoms with Crippen LogP contribution in [0.25, 0.3) is 0 Å². The molecule has 1 saturated carbocycles. The van der Waals surface area contributed by atoms with Crippen LogP contribution in [0.15, 0.2) is 28.7 Å². The minimum Gasteiger partial charge on any atom is -0.381 e. The number of hydrogen-bond donors (Lipinski definition) is 1. The van der Waals surface area contributed by atoms with Crippen LogP contribution >= 0.6 is 15.9 Å². The predicted molar refractivity (Wildman–Crippen MR) is 88.3 cm³/mol. The molecule has 21 heavy (non-hydrogen) atoms. The predicted octanol–water partition coefficient (Wildman–Crippen LogP) is 3.66. The summed E-state index contributed by atoms with van der Waals surface area (Å²) in [4.78, 5) is 12.4. The maximum atomic E-state index is 12.4. The highest BCUT2D eigenvalue weighted by atomic mass is 79.9. The number of benzene rings is 1. The summed E-state index contributed by atoms with van der Waals surface area (Å²) in [5.41, 5.74) is 0.846. The smallest absolute Gasteiger partial charge is 0.230 e. The van der Waals surface area contributed by atoms with Crippen molar-refractivity contribution in [1.82, 2.24) is 5.32 Å². The zero-order valence-corrected chi connectivity index (χ0v) is 14.4. The van der Waals surface area contributed by atoms with E-state index in [1.165, 1.54) is 0 Å². The van der Waals surface area contributed by atoms with Crippen molar-refractivity contribution in [2.24, 2.45) is 5.92 Å². The SMILES string of the molecule is CC(C)COCCCNC(=O)C1(c2ccc(Br)cc2)CC1. The van der Waals surface area contributed by atoms with Crippen LogP contribution in [-0.2, 0) is 14.9 Å². The Hall–Kier alpha value is -0.870. The summed E-state index contributed by atoms with van der Waals surface area (Å²) in [7, 11) is 0. The van der Waals surface area contributed by atoms with E-state index in [2.05, 4.69) is 35.1 Å². The van der Waals surface area contributed by atoms with Crippen molar-refractivity contribution in [3.8, 4) is 0 Å². The molecule has 0 unspecified atom stereocenters. The molecule has 1 fully saturated rings. The summed E-state index contributed by atoms with van der Waals surface area (Å²) in [6.45, 7) is 6.46. The van der Waals surface area contributed by atoms with E-state index in [0.29, 0.717) is 19.1 Å². The third kappa shape index (κ3) is 4.55. The molecule has 0 saturated heterocycles. The van der Waals surface area contributed by atoms with E-state index < -0.39 is 0 Å². The van der Waals surface area contributed by atoms with Crippen LogP contribution in [0.4, 0.5) is 0 Å². The van der Waals surface area contributed by atoms with Crippen LogP contribution in [0, 0.1) is 5.92 Å². The molecule has 1 aromatic carbocycles. The zero-order chi connectivity index (χ0) is 15.3. The molecule has 116 valence electrons. The van der Waals surface area contributed by atoms with Crippen LogP contribution in [-0.4, -0.2) is 25.7 Å². The van der Waals surface area contributed by atoms with Gasteiger partial charge in [0.15, 0.2) is 0 Å². The second-order valence-corrected chi connectivity index (χ2v) is 7.08. The third-order valence-electron chi connectivity index (χ3n) is 3.78. The highest BCUT2D eigenvalue weighted by Gasteiger charge is 2.50. The van der Waals surface area contributed by atoms with Gasteiger partial charge >= 0.3 is 0 Å². The first-order valence-corrected chi connectivity index (χ1v) is 8.46. The molecule has 4 heteroatoms. The van der Waals surface area contributed by atoms with Gasteiger partial charge in [0, 0.05) is 24.2 Å². The molecule has 0 spiro atoms. The van der Waals surface area contributed by atoms with Gasteiger partial charge in [-0.15, -0.1) is 0 Å². The first-order chi connectivity index (χ1) is 10.0. The quantitative estimate of drug-likeness (QED) is 0.724. The Labute approximate surface area is 135 Å². The summed E-state index contributed by atoms with van der Waals surface area (Å²) in [5.74, 6) is 0.723. The molecule has 0 aromatic heterocycles. The molecule has 0 atom stereocenters. The van der Waals surface area contributed by atoms with Crippen LogP contribution < -0.4 is 5.32 Å². The van der Waals surface area contributed by atoms with Gasteiger partial charge in [0.2, 0.25) is 5.91 Å². The van der Waals surface area contributed by atoms with Crippen molar-refractivity contribution in [1.29, 1.82) is 0 Å². The Bertz CT molecular complexity index is 466. The Kier molecular flexibility index (Phi) is 5.82. The van der Waals surface area contributed by atoms with Gasteiger partial charge < -0.3 is 10.1 Å². The summed E-state index contributed by atoms with van der Waals surface area (Å²) >= 11 is 3.43. The molecular weight excluding hydrogens is 330 g/mol. The van der Waals surface area contributed by atoms with Crippen molar-refractivity contribution >= 4 is 21.8 Å². The van der Waals surface area contributed by atoms with Gasteiger partial charge in [-0.1, -0.05) is 41.9 Å². The number of ether oxygens (including phenoxy) is 1. The highest BCUT2D eigenvalue weighted by Crippen LogP contribution is 2.48. The fourth-order valence-electron chi connectivity index (χ4n) is 2.41. The number of amides is 1. The fraction of sp³-hybridized carbons (Fsp3) is 0.588. The topological polar surface area (TPSA) is 38.3 Å². The lowest BCUT2D eigenvalue weighted by molar-refractivity contribution is -0.123. The third-order valence-corrected chi connectivity index (χ3v) is 4.31. The van der Waals surface area contributed by atoms with Crippen LogP contribution in [0.2, 0.25) is 0 Å². The number of halogens is 1. The van der Waals surface area contributed by atoms with Gasteiger partial charge in [-0.2, -0.15) is 0 Å². The summed E-state index contributed by atoms with van der Waals surface area (Å²) in [6, 6.07) is 8.09. The normalized spacial score (nSPS) is 16.0. The first kappa shape index (κ1) is 16.5. The number of rotatable bonds is 8. The monoisotopic (exact) mass is 353 g/mol. The van der Waals surface area contributed by atoms with E-state index >= 15 is 0 Å². The Morgan fingerprint density at radius 3 is 2.57 bits per heavy atom. The molecule has 0 radical (unpaired) electrons. The van der Waals surface area contributed by atoms with Gasteiger partial charge in [0.05, 0.1) is 5.41 Å². The lowest BCUT2D eigenvalue weighted by atomic mass is 9.95. The van der Waals surface area contributed by atoms with Gasteiger partial charge in [-0.05, 0) is 42.9 Å². The summed E-state index contributed by atoms with van der Waals surface area (Å²) in [6.07, 6.45) is 2.77. The second kappa shape index (κ2) is 7.41. The maximum absolute atomic E-state index is 12.4. The molecule has 0 heterocycles. The van der Waals surface area contributed by atoms with E-state index in [-0.39, 0.29) is 11.3 Å². The van der Waals surface area contributed by atoms with Crippen molar-refractivity contribution < 1.29 is 9.53 Å². The van der Waals surface area contributed by atoms with Crippen molar-refractivity contribution in [3.63, 3.8) is 0 Å². The largest absolute Gasteiger partial charge is 0.381 e. The molecule has 0 bridgehead atoms. The Morgan fingerprint density at radius 2 is 2.00 bits per heavy atom. The number of hydrogen-bond acceptors (Lipinski definition) is 2. The van der Waals surface area contributed by atoms with Crippen molar-refractivity contribution in [2.75, 3.05) is 19.8 Å². The number of nitrogens with one attached hydrogen (secondary N) is 1. The number of carbonyl (C=O) groups excluding carboxylic acids is 1. The molecule has 1 N–H and O–H groups in total. The Morgan fingerprint density at radius 1 is 1.33 bits per heavy atom. The molecule has 3 nitrogen and oxygen atoms in total. The van der Waals surface area contributed by atoms with Gasteiger partial charge in [-0.25, -0.2) is 0 Å². The van der Waals surface area contributed by atoms with Crippen LogP contribution in [0.1, 0.15) is 38.7 Å². The Balaban J connectivity index is 1.74. The maximum Gasteiger partial charge on any atom is 0.230 e. The molecular formula is C17H24BrNO2. The van der Waals surface area contributed by atoms with E-state index in [0.717, 1.165) is 35.9 Å². The lowest BCUT2D eigenvalue weighted by Gasteiger charge is -2.16. The average Bonchev–Trinajstić information content (AvgIpc) is 3.24. The van der Waals surface area contributed by atoms with Crippen molar-refractivity contribution in [2.45, 2.75) is 38.5 Å². The average molecular weight is 354 g/mol. The zero-order valence-electron chi connectivity index (χ0n) is 12.8. The van der Waals surface area contributed by atoms with E-state index in [1.54, 1.807) is 0 Å². The van der Waals surface area contributed by atoms with Crippen LogP contribution in [0.5, 0.6) is 0 Å². The molecule has 0 aliphatic heterocycles. The molecule has 1 aromatic rings. The minimum absolute atomic E-state index is 0.161. The summed E-state index contributed by atoms with van der Waals surface area (Å²) < 4.78 is 6.57. The summed E-state index contributed by atoms with van der Waals surface area (Å²) in [5, 5.41) is 3.06. The van der Waals surface area contributed by atoms with Gasteiger partial charge in [0.25, 0.3) is 0 Å². The molecule has 1 aliphatic carbocycles. The molecule has 1 amide bonds. The van der Waals surface area contributed by atoms with Crippen molar-refractivity contribution in [3.05, 3.63) is 34.3 Å². The minimum atomic E-state index is -0.278. The van der Waals surface area contributed by atoms with Gasteiger partial charge in [0.1, 0.15) is 0 Å². The van der Waals surface area contributed by atoms with Gasteiger partial charge in [-0.3, -0.25) is 4.79 Å². The second-order valence-electron chi connectivity index (χ2n) is 6.17. The molecule has 1 aliphatic rings. The first-order valence-electron chi connectivity index (χ1n) is 7.67. The number of carbonyl (C=O) groups is 1. The lowest BCUT2D eigenvalue weighted by Crippen LogP contribution is -2.35. The van der Waals surface area contributed by atoms with Crippen LogP contribution in [0.3, 0.4) is 0 Å².